The Morgan fingerprint density at radius 2 is 1.77 bits per heavy atom. The molecule has 0 radical (unpaired) electrons. The first kappa shape index (κ1) is 25.9. The number of para-hydroxylation sites is 1. The molecule has 182 valence electrons. The lowest BCUT2D eigenvalue weighted by Crippen LogP contribution is -2.13. The number of ether oxygens (including phenoxy) is 2. The molecule has 1 heterocycles. The van der Waals surface area contributed by atoms with Gasteiger partial charge in [0.05, 0.1) is 13.2 Å². The van der Waals surface area contributed by atoms with Gasteiger partial charge in [0.2, 0.25) is 15.0 Å². The van der Waals surface area contributed by atoms with Crippen LogP contribution >= 0.6 is 11.5 Å². The van der Waals surface area contributed by atoms with Crippen molar-refractivity contribution in [2.75, 3.05) is 24.8 Å². The Kier molecular flexibility index (Phi) is 8.57. The number of hydrogen-bond acceptors (Lipinski definition) is 9. The summed E-state index contributed by atoms with van der Waals surface area (Å²) in [4.78, 5) is 16.1. The summed E-state index contributed by atoms with van der Waals surface area (Å²) in [6.07, 6.45) is 3.09. The van der Waals surface area contributed by atoms with E-state index in [0.29, 0.717) is 30.9 Å². The van der Waals surface area contributed by atoms with Crippen molar-refractivity contribution in [3.8, 4) is 17.6 Å². The molecular weight excluding hydrogens is 488 g/mol. The summed E-state index contributed by atoms with van der Waals surface area (Å²) in [5, 5.41) is 11.4. The molecule has 3 aromatic rings. The molecule has 11 heteroatoms. The van der Waals surface area contributed by atoms with Crippen LogP contribution in [-0.4, -0.2) is 43.2 Å². The average Bonchev–Trinajstić information content (AvgIpc) is 3.29. The summed E-state index contributed by atoms with van der Waals surface area (Å²) in [7, 11) is -3.58. The zero-order valence-electron chi connectivity index (χ0n) is 19.4. The number of aryl methyl sites for hydroxylation is 2. The van der Waals surface area contributed by atoms with Crippen molar-refractivity contribution in [1.29, 1.82) is 5.26 Å². The van der Waals surface area contributed by atoms with Crippen LogP contribution in [0.25, 0.3) is 6.08 Å². The van der Waals surface area contributed by atoms with Crippen LogP contribution in [0.3, 0.4) is 0 Å². The maximum Gasteiger partial charge on any atom is 0.268 e. The highest BCUT2D eigenvalue weighted by Crippen LogP contribution is 2.22. The number of nitriles is 1. The highest BCUT2D eigenvalue weighted by atomic mass is 32.2. The number of sulfone groups is 1. The Hall–Kier alpha value is -3.75. The fourth-order valence-electron chi connectivity index (χ4n) is 3.00. The first-order valence-electron chi connectivity index (χ1n) is 10.6. The smallest absolute Gasteiger partial charge is 0.268 e. The molecule has 1 amide bonds. The number of amides is 1. The number of anilines is 1. The first-order valence-corrected chi connectivity index (χ1v) is 13.2. The minimum absolute atomic E-state index is 0.0121. The molecule has 0 saturated carbocycles. The van der Waals surface area contributed by atoms with E-state index >= 15 is 0 Å². The van der Waals surface area contributed by atoms with E-state index in [0.717, 1.165) is 34.7 Å². The minimum Gasteiger partial charge on any atom is -0.493 e. The molecule has 0 aliphatic heterocycles. The molecule has 2 aromatic carbocycles. The molecule has 3 rings (SSSR count). The van der Waals surface area contributed by atoms with Gasteiger partial charge in [-0.3, -0.25) is 10.1 Å². The summed E-state index contributed by atoms with van der Waals surface area (Å²) in [6.45, 7) is 5.04. The van der Waals surface area contributed by atoms with Crippen molar-refractivity contribution in [3.05, 3.63) is 64.7 Å². The van der Waals surface area contributed by atoms with Gasteiger partial charge in [-0.05, 0) is 48.7 Å². The van der Waals surface area contributed by atoms with E-state index in [1.807, 2.05) is 38.1 Å². The van der Waals surface area contributed by atoms with Crippen LogP contribution in [0.4, 0.5) is 5.13 Å². The van der Waals surface area contributed by atoms with Gasteiger partial charge in [-0.15, -0.1) is 0 Å². The van der Waals surface area contributed by atoms with Gasteiger partial charge in [0.15, 0.2) is 0 Å². The Morgan fingerprint density at radius 1 is 1.11 bits per heavy atom. The third kappa shape index (κ3) is 7.37. The second kappa shape index (κ2) is 11.6. The Morgan fingerprint density at radius 3 is 2.37 bits per heavy atom. The first-order chi connectivity index (χ1) is 16.7. The van der Waals surface area contributed by atoms with Crippen molar-refractivity contribution >= 4 is 38.5 Å². The number of benzene rings is 2. The van der Waals surface area contributed by atoms with Gasteiger partial charge >= 0.3 is 0 Å². The predicted octanol–water partition coefficient (Wildman–Crippen LogP) is 3.95. The van der Waals surface area contributed by atoms with Crippen LogP contribution in [0.5, 0.6) is 11.5 Å². The summed E-state index contributed by atoms with van der Waals surface area (Å²) < 4.78 is 38.2. The number of aromatic nitrogens is 2. The number of carbonyl (C=O) groups is 1. The maximum atomic E-state index is 12.4. The SMILES string of the molecule is Cc1cccc(C)c1OCCCOc1ccc(/C=C(/C#N)C(=O)Nc2nc(S(C)(=O)=O)ns2)cc1. The third-order valence-electron chi connectivity index (χ3n) is 4.73. The van der Waals surface area contributed by atoms with Crippen molar-refractivity contribution in [3.63, 3.8) is 0 Å². The number of rotatable bonds is 10. The van der Waals surface area contributed by atoms with E-state index < -0.39 is 15.7 Å². The fourth-order valence-corrected chi connectivity index (χ4v) is 4.44. The lowest BCUT2D eigenvalue weighted by atomic mass is 10.1. The molecule has 35 heavy (non-hydrogen) atoms. The number of hydrogen-bond donors (Lipinski definition) is 1. The quantitative estimate of drug-likeness (QED) is 0.245. The summed E-state index contributed by atoms with van der Waals surface area (Å²) >= 11 is 0.718. The summed E-state index contributed by atoms with van der Waals surface area (Å²) in [6, 6.07) is 14.8. The molecule has 0 unspecified atom stereocenters. The van der Waals surface area contributed by atoms with E-state index in [1.54, 1.807) is 24.3 Å². The molecule has 0 aliphatic rings. The van der Waals surface area contributed by atoms with Crippen LogP contribution in [0.15, 0.2) is 53.2 Å². The summed E-state index contributed by atoms with van der Waals surface area (Å²) in [5.41, 5.74) is 2.65. The Bertz CT molecular complexity index is 1350. The van der Waals surface area contributed by atoms with Gasteiger partial charge < -0.3 is 9.47 Å². The minimum atomic E-state index is -3.58. The second-order valence-electron chi connectivity index (χ2n) is 7.62. The molecule has 0 bridgehead atoms. The zero-order chi connectivity index (χ0) is 25.4. The molecule has 0 saturated heterocycles. The zero-order valence-corrected chi connectivity index (χ0v) is 21.1. The largest absolute Gasteiger partial charge is 0.493 e. The molecular formula is C24H24N4O5S2. The van der Waals surface area contributed by atoms with Gasteiger partial charge in [-0.2, -0.15) is 14.6 Å². The van der Waals surface area contributed by atoms with Gasteiger partial charge in [-0.25, -0.2) is 8.42 Å². The molecule has 9 nitrogen and oxygen atoms in total. The second-order valence-corrected chi connectivity index (χ2v) is 10.3. The van der Waals surface area contributed by atoms with Crippen LogP contribution in [0.1, 0.15) is 23.1 Å². The summed E-state index contributed by atoms with van der Waals surface area (Å²) in [5.74, 6) is 0.843. The third-order valence-corrected chi connectivity index (χ3v) is 6.32. The highest BCUT2D eigenvalue weighted by molar-refractivity contribution is 7.90. The van der Waals surface area contributed by atoms with E-state index in [4.69, 9.17) is 9.47 Å². The molecule has 1 aromatic heterocycles. The lowest BCUT2D eigenvalue weighted by molar-refractivity contribution is -0.112. The monoisotopic (exact) mass is 512 g/mol. The number of nitrogens with zero attached hydrogens (tertiary/aromatic N) is 3. The van der Waals surface area contributed by atoms with Gasteiger partial charge in [0.1, 0.15) is 23.1 Å². The van der Waals surface area contributed by atoms with Gasteiger partial charge in [0, 0.05) is 24.2 Å². The fraction of sp³-hybridized carbons (Fsp3) is 0.250. The highest BCUT2D eigenvalue weighted by Gasteiger charge is 2.17. The van der Waals surface area contributed by atoms with E-state index in [9.17, 15) is 18.5 Å². The van der Waals surface area contributed by atoms with Crippen molar-refractivity contribution in [1.82, 2.24) is 9.36 Å². The van der Waals surface area contributed by atoms with Crippen molar-refractivity contribution in [2.24, 2.45) is 0 Å². The van der Waals surface area contributed by atoms with E-state index in [2.05, 4.69) is 14.7 Å². The van der Waals surface area contributed by atoms with E-state index in [-0.39, 0.29) is 15.9 Å². The van der Waals surface area contributed by atoms with Crippen molar-refractivity contribution in [2.45, 2.75) is 25.4 Å². The molecule has 0 fully saturated rings. The predicted molar refractivity (Wildman–Crippen MR) is 133 cm³/mol. The molecule has 0 spiro atoms. The van der Waals surface area contributed by atoms with Gasteiger partial charge in [0.25, 0.3) is 11.1 Å². The normalized spacial score (nSPS) is 11.5. The number of nitrogens with one attached hydrogen (secondary N) is 1. The average molecular weight is 513 g/mol. The van der Waals surface area contributed by atoms with Crippen LogP contribution in [0, 0.1) is 25.2 Å². The van der Waals surface area contributed by atoms with Crippen molar-refractivity contribution < 1.29 is 22.7 Å². The molecule has 0 aliphatic carbocycles. The standard InChI is InChI=1S/C24H24N4O5S2/c1-16-6-4-7-17(2)21(16)33-13-5-12-32-20-10-8-18(9-11-20)14-19(15-25)22(29)26-23-27-24(28-34-23)35(3,30)31/h4,6-11,14H,5,12-13H2,1-3H3,(H,26,27,28,29)/b19-14-. The van der Waals surface area contributed by atoms with Crippen LogP contribution < -0.4 is 14.8 Å². The van der Waals surface area contributed by atoms with Gasteiger partial charge in [-0.1, -0.05) is 30.3 Å². The molecule has 0 atom stereocenters. The topological polar surface area (TPSA) is 131 Å². The molecule has 1 N–H and O–H groups in total. The van der Waals surface area contributed by atoms with E-state index in [1.165, 1.54) is 6.08 Å². The Balaban J connectivity index is 1.51. The maximum absolute atomic E-state index is 12.4. The van der Waals surface area contributed by atoms with Crippen LogP contribution in [0.2, 0.25) is 0 Å². The Labute approximate surface area is 208 Å². The number of carbonyl (C=O) groups excluding carboxylic acids is 1. The van der Waals surface area contributed by atoms with Crippen LogP contribution in [-0.2, 0) is 14.6 Å². The lowest BCUT2D eigenvalue weighted by Gasteiger charge is -2.12.